The van der Waals surface area contributed by atoms with Crippen molar-refractivity contribution in [2.24, 2.45) is 0 Å². The quantitative estimate of drug-likeness (QED) is 0.908. The van der Waals surface area contributed by atoms with Crippen LogP contribution in [0.3, 0.4) is 0 Å². The fourth-order valence-corrected chi connectivity index (χ4v) is 3.97. The van der Waals surface area contributed by atoms with Gasteiger partial charge in [0.15, 0.2) is 0 Å². The van der Waals surface area contributed by atoms with Gasteiger partial charge in [-0.3, -0.25) is 4.90 Å². The number of piperidine rings is 1. The van der Waals surface area contributed by atoms with Gasteiger partial charge >= 0.3 is 0 Å². The molecular weight excluding hydrogens is 290 g/mol. The highest BCUT2D eigenvalue weighted by Crippen LogP contribution is 2.38. The van der Waals surface area contributed by atoms with Crippen LogP contribution in [-0.4, -0.2) is 34.7 Å². The molecule has 2 atom stereocenters. The van der Waals surface area contributed by atoms with Gasteiger partial charge in [0.1, 0.15) is 0 Å². The maximum Gasteiger partial charge on any atom is 0.0854 e. The van der Waals surface area contributed by atoms with Gasteiger partial charge < -0.3 is 5.11 Å². The average molecular weight is 310 g/mol. The maximum atomic E-state index is 11.0. The predicted molar refractivity (Wildman–Crippen MR) is 76.6 cm³/mol. The van der Waals surface area contributed by atoms with Gasteiger partial charge in [0.2, 0.25) is 0 Å². The molecule has 0 bridgehead atoms. The van der Waals surface area contributed by atoms with Crippen LogP contribution < -0.4 is 0 Å². The number of nitrogens with zero attached hydrogens (tertiary/aromatic N) is 1. The molecule has 2 saturated heterocycles. The monoisotopic (exact) mass is 309 g/mol. The lowest BCUT2D eigenvalue weighted by molar-refractivity contribution is -0.00897. The highest BCUT2D eigenvalue weighted by Gasteiger charge is 2.46. The molecule has 18 heavy (non-hydrogen) atoms. The van der Waals surface area contributed by atoms with Crippen LogP contribution in [0.2, 0.25) is 0 Å². The number of hydrogen-bond donors (Lipinski definition) is 1. The fraction of sp³-hybridized carbons (Fsp3) is 0.600. The molecule has 1 aromatic rings. The second-order valence-electron chi connectivity index (χ2n) is 5.67. The van der Waals surface area contributed by atoms with Crippen LogP contribution in [0, 0.1) is 0 Å². The van der Waals surface area contributed by atoms with Gasteiger partial charge in [0, 0.05) is 23.5 Å². The number of fused-ring (bicyclic) bond motifs is 1. The Morgan fingerprint density at radius 1 is 1.28 bits per heavy atom. The van der Waals surface area contributed by atoms with E-state index in [9.17, 15) is 5.11 Å². The Hall–Kier alpha value is -0.380. The zero-order valence-electron chi connectivity index (χ0n) is 10.6. The third-order valence-electron chi connectivity index (χ3n) is 4.52. The van der Waals surface area contributed by atoms with E-state index in [1.165, 1.54) is 24.9 Å². The molecule has 2 nitrogen and oxygen atoms in total. The van der Waals surface area contributed by atoms with Crippen LogP contribution in [0.1, 0.15) is 31.2 Å². The van der Waals surface area contributed by atoms with E-state index in [1.54, 1.807) is 0 Å². The van der Waals surface area contributed by atoms with E-state index in [0.717, 1.165) is 30.3 Å². The SMILES string of the molecule is OC1(Cc2ccccc2Br)CCN2CCCCC21. The molecule has 0 aromatic heterocycles. The van der Waals surface area contributed by atoms with Crippen molar-refractivity contribution in [3.8, 4) is 0 Å². The van der Waals surface area contributed by atoms with Gasteiger partial charge in [-0.1, -0.05) is 40.5 Å². The fourth-order valence-electron chi connectivity index (χ4n) is 3.55. The molecule has 2 aliphatic heterocycles. The Labute approximate surface area is 117 Å². The summed E-state index contributed by atoms with van der Waals surface area (Å²) in [5.74, 6) is 0. The van der Waals surface area contributed by atoms with Crippen molar-refractivity contribution in [2.75, 3.05) is 13.1 Å². The first kappa shape index (κ1) is 12.6. The Morgan fingerprint density at radius 3 is 2.94 bits per heavy atom. The lowest BCUT2D eigenvalue weighted by Gasteiger charge is -2.37. The van der Waals surface area contributed by atoms with Crippen molar-refractivity contribution >= 4 is 15.9 Å². The number of benzene rings is 1. The van der Waals surface area contributed by atoms with Crippen LogP contribution >= 0.6 is 15.9 Å². The first-order valence-corrected chi connectivity index (χ1v) is 7.68. The van der Waals surface area contributed by atoms with Crippen molar-refractivity contribution in [1.82, 2.24) is 4.90 Å². The zero-order valence-corrected chi connectivity index (χ0v) is 12.2. The second-order valence-corrected chi connectivity index (χ2v) is 6.52. The third-order valence-corrected chi connectivity index (χ3v) is 5.29. The maximum absolute atomic E-state index is 11.0. The van der Waals surface area contributed by atoms with Crippen molar-refractivity contribution in [2.45, 2.75) is 43.7 Å². The predicted octanol–water partition coefficient (Wildman–Crippen LogP) is 2.98. The molecule has 1 aromatic carbocycles. The Bertz CT molecular complexity index is 436. The molecule has 98 valence electrons. The van der Waals surface area contributed by atoms with Crippen molar-refractivity contribution in [3.63, 3.8) is 0 Å². The standard InChI is InChI=1S/C15H20BrNO/c16-13-6-2-1-5-12(13)11-15(18)8-10-17-9-4-3-7-14(15)17/h1-2,5-6,14,18H,3-4,7-11H2. The summed E-state index contributed by atoms with van der Waals surface area (Å²) in [6.45, 7) is 2.23. The number of aliphatic hydroxyl groups is 1. The molecule has 2 heterocycles. The molecule has 1 N–H and O–H groups in total. The molecule has 3 heteroatoms. The first-order chi connectivity index (χ1) is 8.69. The topological polar surface area (TPSA) is 23.5 Å². The molecule has 2 aliphatic rings. The smallest absolute Gasteiger partial charge is 0.0854 e. The summed E-state index contributed by atoms with van der Waals surface area (Å²) in [6, 6.07) is 8.63. The van der Waals surface area contributed by atoms with E-state index < -0.39 is 5.60 Å². The molecule has 2 unspecified atom stereocenters. The number of halogens is 1. The molecule has 0 saturated carbocycles. The molecule has 0 amide bonds. The zero-order chi connectivity index (χ0) is 12.6. The van der Waals surface area contributed by atoms with Crippen LogP contribution in [0.4, 0.5) is 0 Å². The van der Waals surface area contributed by atoms with Gasteiger partial charge in [0.25, 0.3) is 0 Å². The number of rotatable bonds is 2. The summed E-state index contributed by atoms with van der Waals surface area (Å²) in [6.07, 6.45) is 5.40. The van der Waals surface area contributed by atoms with E-state index >= 15 is 0 Å². The average Bonchev–Trinajstić information content (AvgIpc) is 2.71. The minimum absolute atomic E-state index is 0.373. The molecule has 2 fully saturated rings. The number of hydrogen-bond acceptors (Lipinski definition) is 2. The minimum Gasteiger partial charge on any atom is -0.388 e. The third kappa shape index (κ3) is 2.24. The highest BCUT2D eigenvalue weighted by molar-refractivity contribution is 9.10. The summed E-state index contributed by atoms with van der Waals surface area (Å²) in [5.41, 5.74) is 0.706. The Morgan fingerprint density at radius 2 is 2.11 bits per heavy atom. The largest absolute Gasteiger partial charge is 0.388 e. The summed E-state index contributed by atoms with van der Waals surface area (Å²) in [7, 11) is 0. The van der Waals surface area contributed by atoms with E-state index in [2.05, 4.69) is 39.0 Å². The Balaban J connectivity index is 1.81. The van der Waals surface area contributed by atoms with Crippen LogP contribution in [-0.2, 0) is 6.42 Å². The Kier molecular flexibility index (Phi) is 3.48. The van der Waals surface area contributed by atoms with Crippen LogP contribution in [0.25, 0.3) is 0 Å². The minimum atomic E-state index is -0.524. The van der Waals surface area contributed by atoms with Gasteiger partial charge in [0.05, 0.1) is 5.60 Å². The summed E-state index contributed by atoms with van der Waals surface area (Å²) >= 11 is 3.59. The molecule has 0 spiro atoms. The molecule has 3 rings (SSSR count). The highest BCUT2D eigenvalue weighted by atomic mass is 79.9. The molecular formula is C15H20BrNO. The van der Waals surface area contributed by atoms with Crippen LogP contribution in [0.15, 0.2) is 28.7 Å². The van der Waals surface area contributed by atoms with E-state index in [0.29, 0.717) is 6.04 Å². The van der Waals surface area contributed by atoms with E-state index in [4.69, 9.17) is 0 Å². The van der Waals surface area contributed by atoms with Gasteiger partial charge in [-0.15, -0.1) is 0 Å². The van der Waals surface area contributed by atoms with E-state index in [-0.39, 0.29) is 0 Å². The van der Waals surface area contributed by atoms with Gasteiger partial charge in [-0.2, -0.15) is 0 Å². The van der Waals surface area contributed by atoms with Crippen molar-refractivity contribution < 1.29 is 5.11 Å². The van der Waals surface area contributed by atoms with Gasteiger partial charge in [-0.25, -0.2) is 0 Å². The summed E-state index contributed by atoms with van der Waals surface area (Å²) in [5, 5.41) is 11.0. The first-order valence-electron chi connectivity index (χ1n) is 6.89. The lowest BCUT2D eigenvalue weighted by Crippen LogP contribution is -2.48. The summed E-state index contributed by atoms with van der Waals surface area (Å²) in [4.78, 5) is 2.49. The second kappa shape index (κ2) is 4.95. The molecule has 0 radical (unpaired) electrons. The lowest BCUT2D eigenvalue weighted by atomic mass is 9.84. The molecule has 0 aliphatic carbocycles. The van der Waals surface area contributed by atoms with Gasteiger partial charge in [-0.05, 0) is 37.4 Å². The normalized spacial score (nSPS) is 32.4. The van der Waals surface area contributed by atoms with Crippen molar-refractivity contribution in [1.29, 1.82) is 0 Å². The summed E-state index contributed by atoms with van der Waals surface area (Å²) < 4.78 is 1.12. The van der Waals surface area contributed by atoms with Crippen LogP contribution in [0.5, 0.6) is 0 Å². The van der Waals surface area contributed by atoms with E-state index in [1.807, 2.05) is 6.07 Å². The van der Waals surface area contributed by atoms with Crippen molar-refractivity contribution in [3.05, 3.63) is 34.3 Å².